The molecule has 0 bridgehead atoms. The first kappa shape index (κ1) is 58.5. The Labute approximate surface area is 373 Å². The molecule has 1 amide bonds. The van der Waals surface area contributed by atoms with Gasteiger partial charge in [-0.25, -0.2) is 4.57 Å². The summed E-state index contributed by atoms with van der Waals surface area (Å²) in [7, 11) is -4.43. The van der Waals surface area contributed by atoms with Gasteiger partial charge in [-0.1, -0.05) is 183 Å². The van der Waals surface area contributed by atoms with Crippen LogP contribution >= 0.6 is 7.82 Å². The second-order valence-electron chi connectivity index (χ2n) is 16.0. The molecule has 0 saturated carbocycles. The van der Waals surface area contributed by atoms with Gasteiger partial charge in [0.2, 0.25) is 5.91 Å². The minimum Gasteiger partial charge on any atom is -0.463 e. The molecule has 0 aromatic heterocycles. The van der Waals surface area contributed by atoms with Crippen molar-refractivity contribution >= 4 is 19.7 Å². The highest BCUT2D eigenvalue weighted by atomic mass is 31.2. The maximum atomic E-state index is 12.1. The average molecular weight is 876 g/mol. The molecular weight excluding hydrogens is 786 g/mol. The summed E-state index contributed by atoms with van der Waals surface area (Å²) in [6.45, 7) is 3.42. The van der Waals surface area contributed by atoms with E-state index in [4.69, 9.17) is 13.8 Å². The van der Waals surface area contributed by atoms with Crippen molar-refractivity contribution in [3.63, 3.8) is 0 Å². The molecule has 0 heterocycles. The smallest absolute Gasteiger partial charge is 0.463 e. The van der Waals surface area contributed by atoms with E-state index in [2.05, 4.69) is 92.1 Å². The molecule has 0 aromatic carbocycles. The number of ether oxygens (including phenoxy) is 1. The van der Waals surface area contributed by atoms with Gasteiger partial charge in [0.05, 0.1) is 13.2 Å². The lowest BCUT2D eigenvalue weighted by molar-refractivity contribution is -0.147. The van der Waals surface area contributed by atoms with Crippen molar-refractivity contribution < 1.29 is 37.9 Å². The number of allylic oxidation sites excluding steroid dienone is 12. The number of phosphoric ester groups is 1. The molecule has 0 spiro atoms. The molecule has 0 fully saturated rings. The Morgan fingerprint density at radius 3 is 1.43 bits per heavy atom. The molecule has 0 saturated heterocycles. The number of aliphatic hydroxyl groups excluding tert-OH is 1. The van der Waals surface area contributed by atoms with Crippen molar-refractivity contribution in [3.05, 3.63) is 72.9 Å². The van der Waals surface area contributed by atoms with Gasteiger partial charge in [-0.15, -0.1) is 0 Å². The molecule has 2 unspecified atom stereocenters. The highest BCUT2D eigenvalue weighted by Crippen LogP contribution is 2.42. The molecule has 352 valence electrons. The molecule has 61 heavy (non-hydrogen) atoms. The van der Waals surface area contributed by atoms with Crippen LogP contribution in [0.2, 0.25) is 0 Å². The number of hydrogen-bond donors (Lipinski definition) is 3. The SMILES string of the molecule is CC/C=C\C/C=C\C/C=C\C/C=C\C/C=C\CCCCCCCCCC(=O)NCCOP(=O)(O)OCC(O)COC(=O)CCCCCCCCC/C=C\CCCCCCCC. The number of carbonyl (C=O) groups is 2. The summed E-state index contributed by atoms with van der Waals surface area (Å²) in [5, 5.41) is 12.7. The highest BCUT2D eigenvalue weighted by molar-refractivity contribution is 7.47. The van der Waals surface area contributed by atoms with Gasteiger partial charge in [-0.2, -0.15) is 0 Å². The normalized spacial score (nSPS) is 13.8. The number of amides is 1. The largest absolute Gasteiger partial charge is 0.472 e. The Hall–Kier alpha value is -2.55. The number of phosphoric acid groups is 1. The predicted octanol–water partition coefficient (Wildman–Crippen LogP) is 14.2. The van der Waals surface area contributed by atoms with Crippen LogP contribution in [-0.4, -0.2) is 54.3 Å². The molecule has 0 aliphatic heterocycles. The average Bonchev–Trinajstić information content (AvgIpc) is 3.25. The first-order valence-corrected chi connectivity index (χ1v) is 25.9. The molecule has 0 aliphatic carbocycles. The second-order valence-corrected chi connectivity index (χ2v) is 17.5. The molecule has 0 aliphatic rings. The van der Waals surface area contributed by atoms with Crippen LogP contribution in [0.15, 0.2) is 72.9 Å². The number of nitrogens with one attached hydrogen (secondary N) is 1. The molecule has 3 N–H and O–H groups in total. The van der Waals surface area contributed by atoms with Crippen molar-refractivity contribution in [2.75, 3.05) is 26.4 Å². The summed E-state index contributed by atoms with van der Waals surface area (Å²) in [5.74, 6) is -0.533. The summed E-state index contributed by atoms with van der Waals surface area (Å²) >= 11 is 0. The van der Waals surface area contributed by atoms with E-state index < -0.39 is 26.5 Å². The maximum Gasteiger partial charge on any atom is 0.472 e. The summed E-state index contributed by atoms with van der Waals surface area (Å²) in [4.78, 5) is 34.0. The van der Waals surface area contributed by atoms with Gasteiger partial charge in [-0.05, 0) is 83.5 Å². The standard InChI is InChI=1S/C51H90NO8P/c1-3-5-7-9-11-13-15-17-19-21-22-23-24-25-26-28-29-31-33-35-37-39-41-43-50(54)52-45-46-59-61(56,57)60-48-49(53)47-58-51(55)44-42-40-38-36-34-32-30-27-20-18-16-14-12-10-8-6-4-2/h5,7,11,13,17-20,22-23,25-26,49,53H,3-4,6,8-10,12,14-16,21,24,27-48H2,1-2H3,(H,52,54)(H,56,57)/b7-5-,13-11-,19-17-,20-18-,23-22-,26-25-. The van der Waals surface area contributed by atoms with Crippen LogP contribution in [0.25, 0.3) is 0 Å². The minimum atomic E-state index is -4.43. The quantitative estimate of drug-likeness (QED) is 0.0239. The topological polar surface area (TPSA) is 131 Å². The van der Waals surface area contributed by atoms with E-state index >= 15 is 0 Å². The van der Waals surface area contributed by atoms with Gasteiger partial charge < -0.3 is 20.1 Å². The number of carbonyl (C=O) groups excluding carboxylic acids is 2. The Balaban J connectivity index is 3.61. The van der Waals surface area contributed by atoms with Gasteiger partial charge >= 0.3 is 13.8 Å². The third-order valence-electron chi connectivity index (χ3n) is 10.1. The third kappa shape index (κ3) is 48.3. The Bertz CT molecular complexity index is 1230. The fourth-order valence-electron chi connectivity index (χ4n) is 6.46. The first-order valence-electron chi connectivity index (χ1n) is 24.4. The lowest BCUT2D eigenvalue weighted by atomic mass is 10.1. The lowest BCUT2D eigenvalue weighted by Gasteiger charge is -2.15. The third-order valence-corrected chi connectivity index (χ3v) is 11.1. The second kappa shape index (κ2) is 46.9. The molecule has 0 aromatic rings. The summed E-state index contributed by atoms with van der Waals surface area (Å²) < 4.78 is 26.9. The van der Waals surface area contributed by atoms with Crippen LogP contribution in [0.1, 0.15) is 206 Å². The molecule has 9 nitrogen and oxygen atoms in total. The van der Waals surface area contributed by atoms with Crippen LogP contribution in [0, 0.1) is 0 Å². The van der Waals surface area contributed by atoms with E-state index in [1.807, 2.05) is 0 Å². The predicted molar refractivity (Wildman–Crippen MR) is 256 cm³/mol. The van der Waals surface area contributed by atoms with Crippen molar-refractivity contribution in [1.29, 1.82) is 0 Å². The van der Waals surface area contributed by atoms with Gasteiger partial charge in [0.25, 0.3) is 0 Å². The molecular formula is C51H90NO8P. The van der Waals surface area contributed by atoms with E-state index in [0.29, 0.717) is 6.42 Å². The van der Waals surface area contributed by atoms with Crippen LogP contribution in [0.3, 0.4) is 0 Å². The maximum absolute atomic E-state index is 12.1. The number of rotatable bonds is 45. The number of hydrogen-bond acceptors (Lipinski definition) is 7. The summed E-state index contributed by atoms with van der Waals surface area (Å²) in [5.41, 5.74) is 0. The van der Waals surface area contributed by atoms with Gasteiger partial charge in [-0.3, -0.25) is 18.6 Å². The zero-order chi connectivity index (χ0) is 44.6. The van der Waals surface area contributed by atoms with E-state index in [9.17, 15) is 24.2 Å². The Kier molecular flexibility index (Phi) is 45.0. The zero-order valence-corrected chi connectivity index (χ0v) is 39.7. The fourth-order valence-corrected chi connectivity index (χ4v) is 7.22. The van der Waals surface area contributed by atoms with Crippen LogP contribution in [0.5, 0.6) is 0 Å². The van der Waals surface area contributed by atoms with Crippen molar-refractivity contribution in [3.8, 4) is 0 Å². The number of unbranched alkanes of at least 4 members (excludes halogenated alkanes) is 20. The first-order chi connectivity index (χ1) is 29.8. The molecule has 10 heteroatoms. The molecule has 2 atom stereocenters. The Morgan fingerprint density at radius 1 is 0.525 bits per heavy atom. The Morgan fingerprint density at radius 2 is 0.934 bits per heavy atom. The number of esters is 1. The van der Waals surface area contributed by atoms with Gasteiger partial charge in [0.1, 0.15) is 12.7 Å². The van der Waals surface area contributed by atoms with E-state index in [0.717, 1.165) is 89.9 Å². The monoisotopic (exact) mass is 876 g/mol. The zero-order valence-electron chi connectivity index (χ0n) is 38.8. The van der Waals surface area contributed by atoms with Crippen molar-refractivity contribution in [1.82, 2.24) is 5.32 Å². The fraction of sp³-hybridized carbons (Fsp3) is 0.725. The summed E-state index contributed by atoms with van der Waals surface area (Å²) in [6, 6.07) is 0. The lowest BCUT2D eigenvalue weighted by Crippen LogP contribution is -2.27. The highest BCUT2D eigenvalue weighted by Gasteiger charge is 2.23. The number of aliphatic hydroxyl groups is 1. The van der Waals surface area contributed by atoms with E-state index in [1.165, 1.54) is 89.9 Å². The van der Waals surface area contributed by atoms with Gasteiger partial charge in [0.15, 0.2) is 0 Å². The van der Waals surface area contributed by atoms with Crippen LogP contribution < -0.4 is 5.32 Å². The van der Waals surface area contributed by atoms with Crippen LogP contribution in [0.4, 0.5) is 0 Å². The van der Waals surface area contributed by atoms with E-state index in [1.54, 1.807) is 0 Å². The molecule has 0 rings (SSSR count). The minimum absolute atomic E-state index is 0.0712. The summed E-state index contributed by atoms with van der Waals surface area (Å²) in [6.07, 6.45) is 58.3. The van der Waals surface area contributed by atoms with Gasteiger partial charge in [0, 0.05) is 19.4 Å². The van der Waals surface area contributed by atoms with Crippen molar-refractivity contribution in [2.45, 2.75) is 213 Å². The van der Waals surface area contributed by atoms with E-state index in [-0.39, 0.29) is 32.1 Å². The van der Waals surface area contributed by atoms with Crippen LogP contribution in [-0.2, 0) is 27.9 Å². The molecule has 0 radical (unpaired) electrons. The van der Waals surface area contributed by atoms with Crippen molar-refractivity contribution in [2.24, 2.45) is 0 Å².